The lowest BCUT2D eigenvalue weighted by Gasteiger charge is -2.16. The van der Waals surface area contributed by atoms with Gasteiger partial charge in [0.05, 0.1) is 6.54 Å². The fraction of sp³-hybridized carbons (Fsp3) is 0.267. The Hall–Kier alpha value is -2.35. The van der Waals surface area contributed by atoms with Crippen LogP contribution in [0.3, 0.4) is 0 Å². The molecular weight excluding hydrogens is 366 g/mol. The molecule has 0 spiro atoms. The Balaban J connectivity index is 1.77. The second-order valence-electron chi connectivity index (χ2n) is 4.86. The highest BCUT2D eigenvalue weighted by Crippen LogP contribution is 2.16. The average molecular weight is 382 g/mol. The molecule has 0 fully saturated rings. The number of ether oxygens (including phenoxy) is 1. The minimum absolute atomic E-state index is 0.103. The smallest absolute Gasteiger partial charge is 0.260 e. The van der Waals surface area contributed by atoms with Crippen LogP contribution in [0.4, 0.5) is 5.82 Å². The Labute approximate surface area is 141 Å². The molecule has 0 bridgehead atoms. The number of hydrogen-bond donors (Lipinski definition) is 1. The molecule has 0 radical (unpaired) electrons. The number of aryl methyl sites for hydroxylation is 1. The molecule has 0 atom stereocenters. The van der Waals surface area contributed by atoms with Gasteiger partial charge < -0.3 is 19.5 Å². The number of nitrogens with zero attached hydrogens (tertiary/aromatic N) is 2. The number of nitrogens with one attached hydrogen (secondary N) is 1. The molecule has 0 aliphatic rings. The molecule has 2 aromatic rings. The third-order valence-electron chi connectivity index (χ3n) is 2.88. The summed E-state index contributed by atoms with van der Waals surface area (Å²) in [6.07, 6.45) is 0. The Morgan fingerprint density at radius 2 is 2.04 bits per heavy atom. The van der Waals surface area contributed by atoms with Gasteiger partial charge in [0.15, 0.2) is 12.4 Å². The van der Waals surface area contributed by atoms with E-state index in [-0.39, 0.29) is 25.0 Å². The molecule has 23 heavy (non-hydrogen) atoms. The maximum absolute atomic E-state index is 12.0. The second kappa shape index (κ2) is 7.77. The van der Waals surface area contributed by atoms with Crippen molar-refractivity contribution < 1.29 is 18.8 Å². The van der Waals surface area contributed by atoms with Crippen LogP contribution in [0.15, 0.2) is 39.3 Å². The van der Waals surface area contributed by atoms with Crippen LogP contribution in [0.5, 0.6) is 5.75 Å². The minimum Gasteiger partial charge on any atom is -0.484 e. The zero-order valence-corrected chi connectivity index (χ0v) is 14.3. The van der Waals surface area contributed by atoms with E-state index in [2.05, 4.69) is 26.4 Å². The van der Waals surface area contributed by atoms with Crippen LogP contribution in [0.1, 0.15) is 5.76 Å². The first-order chi connectivity index (χ1) is 10.9. The molecule has 1 aromatic carbocycles. The largest absolute Gasteiger partial charge is 0.484 e. The molecular formula is C15H16BrN3O4. The van der Waals surface area contributed by atoms with E-state index in [0.717, 1.165) is 4.47 Å². The van der Waals surface area contributed by atoms with Crippen molar-refractivity contribution in [3.63, 3.8) is 0 Å². The highest BCUT2D eigenvalue weighted by Gasteiger charge is 2.14. The Kier molecular flexibility index (Phi) is 5.75. The number of carbonyl (C=O) groups is 2. The van der Waals surface area contributed by atoms with Crippen molar-refractivity contribution in [3.05, 3.63) is 40.6 Å². The highest BCUT2D eigenvalue weighted by molar-refractivity contribution is 9.10. The zero-order chi connectivity index (χ0) is 16.8. The van der Waals surface area contributed by atoms with Crippen molar-refractivity contribution in [2.24, 2.45) is 0 Å². The van der Waals surface area contributed by atoms with Crippen LogP contribution in [-0.4, -0.2) is 42.1 Å². The van der Waals surface area contributed by atoms with Gasteiger partial charge in [0.25, 0.3) is 5.91 Å². The number of carbonyl (C=O) groups excluding carboxylic acids is 2. The van der Waals surface area contributed by atoms with Crippen molar-refractivity contribution in [1.82, 2.24) is 10.1 Å². The normalized spacial score (nSPS) is 10.2. The number of halogens is 1. The quantitative estimate of drug-likeness (QED) is 0.828. The maximum atomic E-state index is 12.0. The molecule has 1 heterocycles. The van der Waals surface area contributed by atoms with Gasteiger partial charge in [0, 0.05) is 17.6 Å². The third kappa shape index (κ3) is 5.41. The van der Waals surface area contributed by atoms with Crippen LogP contribution in [-0.2, 0) is 9.59 Å². The Morgan fingerprint density at radius 1 is 1.35 bits per heavy atom. The van der Waals surface area contributed by atoms with Crippen LogP contribution in [0, 0.1) is 6.92 Å². The van der Waals surface area contributed by atoms with E-state index in [1.54, 1.807) is 25.1 Å². The summed E-state index contributed by atoms with van der Waals surface area (Å²) in [7, 11) is 1.53. The van der Waals surface area contributed by atoms with Crippen molar-refractivity contribution >= 4 is 33.6 Å². The summed E-state index contributed by atoms with van der Waals surface area (Å²) in [5.41, 5.74) is 0. The van der Waals surface area contributed by atoms with Gasteiger partial charge >= 0.3 is 0 Å². The molecule has 2 amide bonds. The van der Waals surface area contributed by atoms with Gasteiger partial charge in [-0.1, -0.05) is 21.1 Å². The summed E-state index contributed by atoms with van der Waals surface area (Å²) in [6.45, 7) is 1.47. The third-order valence-corrected chi connectivity index (χ3v) is 3.41. The molecule has 2 rings (SSSR count). The summed E-state index contributed by atoms with van der Waals surface area (Å²) in [5.74, 6) is 0.821. The van der Waals surface area contributed by atoms with E-state index < -0.39 is 0 Å². The maximum Gasteiger partial charge on any atom is 0.260 e. The fourth-order valence-electron chi connectivity index (χ4n) is 1.70. The van der Waals surface area contributed by atoms with E-state index in [4.69, 9.17) is 9.26 Å². The average Bonchev–Trinajstić information content (AvgIpc) is 2.91. The topological polar surface area (TPSA) is 84.7 Å². The van der Waals surface area contributed by atoms with Crippen LogP contribution in [0.25, 0.3) is 0 Å². The first-order valence-electron chi connectivity index (χ1n) is 6.79. The van der Waals surface area contributed by atoms with Crippen molar-refractivity contribution in [1.29, 1.82) is 0 Å². The van der Waals surface area contributed by atoms with E-state index in [1.165, 1.54) is 11.9 Å². The van der Waals surface area contributed by atoms with Gasteiger partial charge in [-0.05, 0) is 31.2 Å². The molecule has 0 unspecified atom stereocenters. The van der Waals surface area contributed by atoms with Crippen molar-refractivity contribution in [2.45, 2.75) is 6.92 Å². The number of likely N-dealkylation sites (N-methyl/N-ethyl adjacent to an activating group) is 1. The number of rotatable bonds is 6. The molecule has 0 aliphatic heterocycles. The number of benzene rings is 1. The number of amides is 2. The summed E-state index contributed by atoms with van der Waals surface area (Å²) in [6, 6.07) is 8.72. The minimum atomic E-state index is -0.363. The highest BCUT2D eigenvalue weighted by atomic mass is 79.9. The standard InChI is InChI=1S/C15H16BrN3O4/c1-10-7-13(18-23-10)17-14(20)8-19(2)15(21)9-22-12-5-3-11(16)4-6-12/h3-7H,8-9H2,1-2H3,(H,17,18,20). The van der Waals surface area contributed by atoms with Gasteiger partial charge in [-0.15, -0.1) is 0 Å². The monoisotopic (exact) mass is 381 g/mol. The SMILES string of the molecule is Cc1cc(NC(=O)CN(C)C(=O)COc2ccc(Br)cc2)no1. The van der Waals surface area contributed by atoms with E-state index >= 15 is 0 Å². The van der Waals surface area contributed by atoms with Crippen LogP contribution >= 0.6 is 15.9 Å². The lowest BCUT2D eigenvalue weighted by Crippen LogP contribution is -2.37. The molecule has 1 aromatic heterocycles. The van der Waals surface area contributed by atoms with Gasteiger partial charge in [-0.3, -0.25) is 9.59 Å². The fourth-order valence-corrected chi connectivity index (χ4v) is 1.96. The second-order valence-corrected chi connectivity index (χ2v) is 5.78. The first-order valence-corrected chi connectivity index (χ1v) is 7.59. The summed E-state index contributed by atoms with van der Waals surface area (Å²) < 4.78 is 11.1. The molecule has 0 saturated carbocycles. The Bertz CT molecular complexity index is 684. The molecule has 8 heteroatoms. The zero-order valence-electron chi connectivity index (χ0n) is 12.7. The lowest BCUT2D eigenvalue weighted by molar-refractivity contribution is -0.135. The van der Waals surface area contributed by atoms with Gasteiger partial charge in [0.1, 0.15) is 11.5 Å². The Morgan fingerprint density at radius 3 is 2.65 bits per heavy atom. The van der Waals surface area contributed by atoms with Gasteiger partial charge in [-0.2, -0.15) is 0 Å². The number of anilines is 1. The lowest BCUT2D eigenvalue weighted by atomic mass is 10.3. The molecule has 122 valence electrons. The first kappa shape index (κ1) is 17.0. The predicted molar refractivity (Wildman–Crippen MR) is 87.1 cm³/mol. The number of hydrogen-bond acceptors (Lipinski definition) is 5. The van der Waals surface area contributed by atoms with Crippen LogP contribution in [0.2, 0.25) is 0 Å². The summed E-state index contributed by atoms with van der Waals surface area (Å²) in [5, 5.41) is 6.20. The number of aromatic nitrogens is 1. The van der Waals surface area contributed by atoms with E-state index in [9.17, 15) is 9.59 Å². The predicted octanol–water partition coefficient (Wildman–Crippen LogP) is 2.22. The molecule has 0 aliphatic carbocycles. The van der Waals surface area contributed by atoms with Crippen molar-refractivity contribution in [2.75, 3.05) is 25.5 Å². The molecule has 1 N–H and O–H groups in total. The van der Waals surface area contributed by atoms with Crippen molar-refractivity contribution in [3.8, 4) is 5.75 Å². The molecule has 0 saturated heterocycles. The summed E-state index contributed by atoms with van der Waals surface area (Å²) in [4.78, 5) is 25.0. The summed E-state index contributed by atoms with van der Waals surface area (Å²) >= 11 is 3.32. The van der Waals surface area contributed by atoms with Gasteiger partial charge in [0.2, 0.25) is 5.91 Å². The van der Waals surface area contributed by atoms with E-state index in [1.807, 2.05) is 12.1 Å². The van der Waals surface area contributed by atoms with Crippen LogP contribution < -0.4 is 10.1 Å². The van der Waals surface area contributed by atoms with Gasteiger partial charge in [-0.25, -0.2) is 0 Å². The van der Waals surface area contributed by atoms with E-state index in [0.29, 0.717) is 17.3 Å². The molecule has 7 nitrogen and oxygen atoms in total.